The van der Waals surface area contributed by atoms with E-state index >= 15 is 0 Å². The van der Waals surface area contributed by atoms with E-state index in [2.05, 4.69) is 105 Å². The van der Waals surface area contributed by atoms with Crippen LogP contribution in [0, 0.1) is 0 Å². The van der Waals surface area contributed by atoms with Crippen molar-refractivity contribution < 1.29 is 4.48 Å². The second kappa shape index (κ2) is 6.93. The van der Waals surface area contributed by atoms with Crippen LogP contribution < -0.4 is 0 Å². The first kappa shape index (κ1) is 16.8. The number of rotatable bonds is 5. The van der Waals surface area contributed by atoms with E-state index in [1.54, 1.807) is 0 Å². The van der Waals surface area contributed by atoms with Crippen molar-refractivity contribution in [3.63, 3.8) is 0 Å². The minimum atomic E-state index is 0.403. The average molecular weight is 340 g/mol. The second-order valence-corrected chi connectivity index (χ2v) is 7.66. The Balaban J connectivity index is 1.67. The molecule has 1 saturated heterocycles. The van der Waals surface area contributed by atoms with Gasteiger partial charge in [-0.1, -0.05) is 97.6 Å². The van der Waals surface area contributed by atoms with Crippen molar-refractivity contribution in [2.45, 2.75) is 18.5 Å². The zero-order chi connectivity index (χ0) is 18.0. The number of likely N-dealkylation sites (tertiary alicyclic amines) is 1. The largest absolute Gasteiger partial charge is 0.315 e. The van der Waals surface area contributed by atoms with E-state index in [4.69, 9.17) is 0 Å². The van der Waals surface area contributed by atoms with Gasteiger partial charge in [0.1, 0.15) is 12.6 Å². The van der Waals surface area contributed by atoms with Gasteiger partial charge in [0.15, 0.2) is 0 Å². The molecule has 0 bridgehead atoms. The molecule has 3 atom stereocenters. The van der Waals surface area contributed by atoms with Crippen LogP contribution in [0.1, 0.15) is 22.6 Å². The van der Waals surface area contributed by atoms with E-state index in [9.17, 15) is 0 Å². The molecule has 130 valence electrons. The standard InChI is InChI=1S/C25H26N/c1-20(22-14-8-4-9-15-22)25-24(23-16-10-5-11-17-23)19-26(25,2)18-21-12-6-3-7-13-21/h3-17,24-25H,1,18-19H2,2H3/q+1/t24-,25-,26-/m0/s1. The van der Waals surface area contributed by atoms with Crippen molar-refractivity contribution in [1.29, 1.82) is 0 Å². The summed E-state index contributed by atoms with van der Waals surface area (Å²) < 4.78 is 1.01. The van der Waals surface area contributed by atoms with Crippen molar-refractivity contribution in [2.24, 2.45) is 0 Å². The van der Waals surface area contributed by atoms with Crippen LogP contribution in [0.25, 0.3) is 5.57 Å². The molecular weight excluding hydrogens is 314 g/mol. The van der Waals surface area contributed by atoms with Crippen LogP contribution in [-0.4, -0.2) is 24.1 Å². The molecule has 1 aliphatic rings. The van der Waals surface area contributed by atoms with Gasteiger partial charge >= 0.3 is 0 Å². The number of hydrogen-bond acceptors (Lipinski definition) is 0. The Morgan fingerprint density at radius 1 is 0.846 bits per heavy atom. The fraction of sp³-hybridized carbons (Fsp3) is 0.200. The molecule has 26 heavy (non-hydrogen) atoms. The summed E-state index contributed by atoms with van der Waals surface area (Å²) in [4.78, 5) is 0. The summed E-state index contributed by atoms with van der Waals surface area (Å²) in [6.07, 6.45) is 0. The van der Waals surface area contributed by atoms with Gasteiger partial charge in [0, 0.05) is 11.1 Å². The van der Waals surface area contributed by atoms with Crippen molar-refractivity contribution in [2.75, 3.05) is 13.6 Å². The fourth-order valence-electron chi connectivity index (χ4n) is 4.55. The molecule has 1 aliphatic heterocycles. The molecule has 1 heterocycles. The average Bonchev–Trinajstić information content (AvgIpc) is 2.68. The molecule has 0 aliphatic carbocycles. The molecule has 0 amide bonds. The SMILES string of the molecule is C=C(c1ccccc1)[C@H]1[C@H](c2ccccc2)C[N@+]1(C)Cc1ccccc1. The van der Waals surface area contributed by atoms with E-state index in [0.717, 1.165) is 17.6 Å². The summed E-state index contributed by atoms with van der Waals surface area (Å²) >= 11 is 0. The molecule has 0 saturated carbocycles. The van der Waals surface area contributed by atoms with E-state index in [-0.39, 0.29) is 0 Å². The maximum Gasteiger partial charge on any atom is 0.127 e. The maximum atomic E-state index is 4.54. The quantitative estimate of drug-likeness (QED) is 0.537. The Labute approximate surface area is 156 Å². The lowest BCUT2D eigenvalue weighted by Gasteiger charge is -2.56. The van der Waals surface area contributed by atoms with Crippen LogP contribution in [0.15, 0.2) is 97.6 Å². The predicted molar refractivity (Wildman–Crippen MR) is 110 cm³/mol. The van der Waals surface area contributed by atoms with Gasteiger partial charge in [-0.15, -0.1) is 0 Å². The second-order valence-electron chi connectivity index (χ2n) is 7.66. The highest BCUT2D eigenvalue weighted by Crippen LogP contribution is 2.46. The predicted octanol–water partition coefficient (Wildman–Crippen LogP) is 5.51. The van der Waals surface area contributed by atoms with Crippen molar-refractivity contribution in [1.82, 2.24) is 0 Å². The third kappa shape index (κ3) is 3.11. The number of hydrogen-bond donors (Lipinski definition) is 0. The molecule has 1 heteroatoms. The summed E-state index contributed by atoms with van der Waals surface area (Å²) in [5, 5.41) is 0. The smallest absolute Gasteiger partial charge is 0.127 e. The lowest BCUT2D eigenvalue weighted by molar-refractivity contribution is -0.979. The Kier molecular flexibility index (Phi) is 4.48. The molecule has 0 aromatic heterocycles. The van der Waals surface area contributed by atoms with Crippen LogP contribution in [0.3, 0.4) is 0 Å². The first-order chi connectivity index (χ1) is 12.7. The lowest BCUT2D eigenvalue weighted by Crippen LogP contribution is -2.66. The highest BCUT2D eigenvalue weighted by atomic mass is 15.4. The molecule has 3 aromatic rings. The summed E-state index contributed by atoms with van der Waals surface area (Å²) in [6, 6.07) is 32.8. The number of quaternary nitrogens is 1. The van der Waals surface area contributed by atoms with E-state index in [1.165, 1.54) is 22.3 Å². The van der Waals surface area contributed by atoms with Gasteiger partial charge < -0.3 is 4.48 Å². The molecule has 4 rings (SSSR count). The van der Waals surface area contributed by atoms with Gasteiger partial charge in [0.2, 0.25) is 0 Å². The monoisotopic (exact) mass is 340 g/mol. The van der Waals surface area contributed by atoms with Crippen LogP contribution in [0.5, 0.6) is 0 Å². The molecule has 0 N–H and O–H groups in total. The van der Waals surface area contributed by atoms with Crippen LogP contribution >= 0.6 is 0 Å². The van der Waals surface area contributed by atoms with E-state index in [0.29, 0.717) is 12.0 Å². The minimum absolute atomic E-state index is 0.403. The summed E-state index contributed by atoms with van der Waals surface area (Å²) in [6.45, 7) is 6.73. The molecular formula is C25H26N+. The topological polar surface area (TPSA) is 0 Å². The minimum Gasteiger partial charge on any atom is -0.315 e. The third-order valence-electron chi connectivity index (χ3n) is 5.78. The van der Waals surface area contributed by atoms with Crippen LogP contribution in [-0.2, 0) is 6.54 Å². The third-order valence-corrected chi connectivity index (χ3v) is 5.78. The van der Waals surface area contributed by atoms with Crippen LogP contribution in [0.2, 0.25) is 0 Å². The first-order valence-corrected chi connectivity index (χ1v) is 9.35. The zero-order valence-electron chi connectivity index (χ0n) is 15.4. The Morgan fingerprint density at radius 2 is 1.38 bits per heavy atom. The van der Waals surface area contributed by atoms with Gasteiger partial charge in [0.25, 0.3) is 0 Å². The molecule has 0 radical (unpaired) electrons. The number of nitrogens with zero attached hydrogens (tertiary/aromatic N) is 1. The molecule has 1 fully saturated rings. The van der Waals surface area contributed by atoms with Gasteiger partial charge in [0.05, 0.1) is 19.5 Å². The highest BCUT2D eigenvalue weighted by molar-refractivity contribution is 5.68. The normalized spacial score (nSPS) is 24.7. The summed E-state index contributed by atoms with van der Waals surface area (Å²) in [7, 11) is 2.38. The summed E-state index contributed by atoms with van der Waals surface area (Å²) in [5.41, 5.74) is 5.34. The van der Waals surface area contributed by atoms with Gasteiger partial charge in [-0.25, -0.2) is 0 Å². The highest BCUT2D eigenvalue weighted by Gasteiger charge is 2.53. The zero-order valence-corrected chi connectivity index (χ0v) is 15.4. The summed E-state index contributed by atoms with van der Waals surface area (Å²) in [5.74, 6) is 0.526. The molecule has 1 nitrogen and oxygen atoms in total. The van der Waals surface area contributed by atoms with Crippen molar-refractivity contribution in [3.8, 4) is 0 Å². The fourth-order valence-corrected chi connectivity index (χ4v) is 4.55. The van der Waals surface area contributed by atoms with Crippen molar-refractivity contribution in [3.05, 3.63) is 114 Å². The Morgan fingerprint density at radius 3 is 2.00 bits per heavy atom. The molecule has 3 aromatic carbocycles. The van der Waals surface area contributed by atoms with E-state index in [1.807, 2.05) is 0 Å². The Bertz CT molecular complexity index is 870. The van der Waals surface area contributed by atoms with Gasteiger partial charge in [-0.05, 0) is 11.1 Å². The van der Waals surface area contributed by atoms with Gasteiger partial charge in [-0.3, -0.25) is 0 Å². The molecule has 0 unspecified atom stereocenters. The van der Waals surface area contributed by atoms with Gasteiger partial charge in [-0.2, -0.15) is 0 Å². The first-order valence-electron chi connectivity index (χ1n) is 9.35. The van der Waals surface area contributed by atoms with E-state index < -0.39 is 0 Å². The van der Waals surface area contributed by atoms with Crippen LogP contribution in [0.4, 0.5) is 0 Å². The Hall–Kier alpha value is -2.64. The van der Waals surface area contributed by atoms with Crippen molar-refractivity contribution >= 4 is 5.57 Å². The number of likely N-dealkylation sites (N-methyl/N-ethyl adjacent to an activating group) is 1. The number of benzene rings is 3. The lowest BCUT2D eigenvalue weighted by atomic mass is 9.74. The molecule has 0 spiro atoms. The maximum absolute atomic E-state index is 4.54.